The predicted octanol–water partition coefficient (Wildman–Crippen LogP) is 3.88. The fourth-order valence-electron chi connectivity index (χ4n) is 2.56. The van der Waals surface area contributed by atoms with Crippen LogP contribution in [-0.4, -0.2) is 16.7 Å². The maximum atomic E-state index is 12.1. The topological polar surface area (TPSA) is 54.4 Å². The van der Waals surface area contributed by atoms with Gasteiger partial charge in [0, 0.05) is 5.92 Å². The number of para-hydroxylation sites is 1. The summed E-state index contributed by atoms with van der Waals surface area (Å²) in [6, 6.07) is 4.90. The van der Waals surface area contributed by atoms with Crippen molar-refractivity contribution in [3.05, 3.63) is 28.2 Å². The molecule has 0 spiro atoms. The molecule has 1 aromatic carbocycles. The van der Waals surface area contributed by atoms with Gasteiger partial charge in [-0.25, -0.2) is 0 Å². The van der Waals surface area contributed by atoms with Crippen LogP contribution >= 0.6 is 15.9 Å². The molecule has 1 N–H and O–H groups in total. The van der Waals surface area contributed by atoms with Gasteiger partial charge in [0.25, 0.3) is 0 Å². The van der Waals surface area contributed by atoms with Crippen molar-refractivity contribution in [3.63, 3.8) is 0 Å². The van der Waals surface area contributed by atoms with E-state index in [2.05, 4.69) is 15.9 Å². The van der Waals surface area contributed by atoms with Gasteiger partial charge in [0.2, 0.25) is 0 Å². The van der Waals surface area contributed by atoms with E-state index in [1.54, 1.807) is 18.2 Å². The number of rotatable bonds is 4. The van der Waals surface area contributed by atoms with E-state index in [-0.39, 0.29) is 35.2 Å². The minimum absolute atomic E-state index is 0.0177. The molecule has 2 rings (SSSR count). The Labute approximate surface area is 121 Å². The number of Topliss-reactive ketones (excluding diaryl/α,β-unsaturated/α-hetero) is 2. The molecule has 0 unspecified atom stereocenters. The number of carbonyl (C=O) groups excluding carboxylic acids is 2. The zero-order valence-corrected chi connectivity index (χ0v) is 12.3. The summed E-state index contributed by atoms with van der Waals surface area (Å²) in [5, 5.41) is 9.81. The number of phenolic OH excluding ortho intramolecular Hbond substituents is 1. The van der Waals surface area contributed by atoms with Gasteiger partial charge in [-0.05, 0) is 40.9 Å². The van der Waals surface area contributed by atoms with E-state index < -0.39 is 0 Å². The van der Waals surface area contributed by atoms with Crippen LogP contribution in [-0.2, 0) is 4.79 Å². The van der Waals surface area contributed by atoms with Crippen molar-refractivity contribution >= 4 is 27.5 Å². The Hall–Kier alpha value is -1.16. The Morgan fingerprint density at radius 2 is 1.89 bits per heavy atom. The summed E-state index contributed by atoms with van der Waals surface area (Å²) in [6.45, 7) is 0. The molecule has 0 bridgehead atoms. The number of hydrogen-bond acceptors (Lipinski definition) is 3. The third-order valence-electron chi connectivity index (χ3n) is 3.68. The summed E-state index contributed by atoms with van der Waals surface area (Å²) >= 11 is 3.17. The van der Waals surface area contributed by atoms with Gasteiger partial charge < -0.3 is 5.11 Å². The van der Waals surface area contributed by atoms with Crippen molar-refractivity contribution in [1.29, 1.82) is 0 Å². The molecule has 0 aromatic heterocycles. The number of ketones is 2. The molecular weight excluding hydrogens is 308 g/mol. The number of aromatic hydroxyl groups is 1. The maximum absolute atomic E-state index is 12.1. The minimum atomic E-state index is -0.297. The summed E-state index contributed by atoms with van der Waals surface area (Å²) < 4.78 is 0.475. The summed E-state index contributed by atoms with van der Waals surface area (Å²) in [6.07, 6.45) is 5.03. The van der Waals surface area contributed by atoms with Gasteiger partial charge >= 0.3 is 0 Å². The van der Waals surface area contributed by atoms with Gasteiger partial charge in [-0.3, -0.25) is 9.59 Å². The van der Waals surface area contributed by atoms with Crippen LogP contribution in [0.1, 0.15) is 48.9 Å². The lowest BCUT2D eigenvalue weighted by Gasteiger charge is -2.19. The lowest BCUT2D eigenvalue weighted by molar-refractivity contribution is -0.122. The van der Waals surface area contributed by atoms with Crippen molar-refractivity contribution in [3.8, 4) is 5.75 Å². The molecule has 19 heavy (non-hydrogen) atoms. The second-order valence-electron chi connectivity index (χ2n) is 5.04. The lowest BCUT2D eigenvalue weighted by Crippen LogP contribution is -2.20. The van der Waals surface area contributed by atoms with Crippen molar-refractivity contribution in [2.45, 2.75) is 38.5 Å². The monoisotopic (exact) mass is 324 g/mol. The number of hydrogen-bond donors (Lipinski definition) is 1. The molecule has 3 nitrogen and oxygen atoms in total. The number of carbonyl (C=O) groups is 2. The molecule has 0 aliphatic heterocycles. The van der Waals surface area contributed by atoms with Crippen LogP contribution in [0.2, 0.25) is 0 Å². The molecular formula is C15H17BrO3. The summed E-state index contributed by atoms with van der Waals surface area (Å²) in [7, 11) is 0. The van der Waals surface area contributed by atoms with Gasteiger partial charge in [-0.15, -0.1) is 0 Å². The van der Waals surface area contributed by atoms with Gasteiger partial charge in [-0.1, -0.05) is 25.3 Å². The fraction of sp³-hybridized carbons (Fsp3) is 0.467. The molecule has 0 amide bonds. The zero-order valence-electron chi connectivity index (χ0n) is 10.7. The van der Waals surface area contributed by atoms with Crippen LogP contribution < -0.4 is 0 Å². The van der Waals surface area contributed by atoms with Crippen molar-refractivity contribution in [2.75, 3.05) is 0 Å². The third kappa shape index (κ3) is 3.44. The second kappa shape index (κ2) is 6.33. The molecule has 0 atom stereocenters. The SMILES string of the molecule is O=C(CC(=O)C1CCCCC1)c1cccc(Br)c1O. The van der Waals surface area contributed by atoms with E-state index in [9.17, 15) is 14.7 Å². The van der Waals surface area contributed by atoms with Crippen LogP contribution in [0.5, 0.6) is 5.75 Å². The Morgan fingerprint density at radius 1 is 1.21 bits per heavy atom. The molecule has 1 aliphatic carbocycles. The average molecular weight is 325 g/mol. The maximum Gasteiger partial charge on any atom is 0.173 e. The highest BCUT2D eigenvalue weighted by Gasteiger charge is 2.24. The van der Waals surface area contributed by atoms with Crippen LogP contribution in [0.3, 0.4) is 0 Å². The average Bonchev–Trinajstić information content (AvgIpc) is 2.42. The van der Waals surface area contributed by atoms with Crippen molar-refractivity contribution in [1.82, 2.24) is 0 Å². The lowest BCUT2D eigenvalue weighted by atomic mass is 9.84. The first-order valence-electron chi connectivity index (χ1n) is 6.63. The van der Waals surface area contributed by atoms with E-state index in [1.807, 2.05) is 0 Å². The number of benzene rings is 1. The van der Waals surface area contributed by atoms with E-state index >= 15 is 0 Å². The molecule has 1 saturated carbocycles. The first-order chi connectivity index (χ1) is 9.09. The van der Waals surface area contributed by atoms with Gasteiger partial charge in [0.1, 0.15) is 11.5 Å². The van der Waals surface area contributed by atoms with Crippen LogP contribution in [0.15, 0.2) is 22.7 Å². The van der Waals surface area contributed by atoms with E-state index in [0.717, 1.165) is 25.7 Å². The standard InChI is InChI=1S/C15H17BrO3/c16-12-8-4-7-11(15(12)19)14(18)9-13(17)10-5-2-1-3-6-10/h4,7-8,10,19H,1-3,5-6,9H2. The molecule has 4 heteroatoms. The van der Waals surface area contributed by atoms with Gasteiger partial charge in [0.15, 0.2) is 5.78 Å². The Bertz CT molecular complexity index is 490. The van der Waals surface area contributed by atoms with Crippen LogP contribution in [0.25, 0.3) is 0 Å². The molecule has 0 heterocycles. The normalized spacial score (nSPS) is 16.3. The molecule has 1 aliphatic rings. The van der Waals surface area contributed by atoms with Gasteiger partial charge in [0.05, 0.1) is 16.5 Å². The van der Waals surface area contributed by atoms with E-state index in [4.69, 9.17) is 0 Å². The summed E-state index contributed by atoms with van der Waals surface area (Å²) in [5.41, 5.74) is 0.221. The molecule has 1 aromatic rings. The van der Waals surface area contributed by atoms with Gasteiger partial charge in [-0.2, -0.15) is 0 Å². The Morgan fingerprint density at radius 3 is 2.58 bits per heavy atom. The smallest absolute Gasteiger partial charge is 0.173 e. The zero-order chi connectivity index (χ0) is 13.8. The van der Waals surface area contributed by atoms with Crippen LogP contribution in [0.4, 0.5) is 0 Å². The predicted molar refractivity (Wildman–Crippen MR) is 76.3 cm³/mol. The Balaban J connectivity index is 2.04. The largest absolute Gasteiger partial charge is 0.506 e. The van der Waals surface area contributed by atoms with E-state index in [0.29, 0.717) is 4.47 Å². The molecule has 0 saturated heterocycles. The minimum Gasteiger partial charge on any atom is -0.506 e. The first-order valence-corrected chi connectivity index (χ1v) is 7.42. The highest BCUT2D eigenvalue weighted by atomic mass is 79.9. The quantitative estimate of drug-likeness (QED) is 0.675. The summed E-state index contributed by atoms with van der Waals surface area (Å²) in [4.78, 5) is 24.1. The van der Waals surface area contributed by atoms with Crippen LogP contribution in [0, 0.1) is 5.92 Å². The molecule has 102 valence electrons. The molecule has 0 radical (unpaired) electrons. The van der Waals surface area contributed by atoms with Crippen molar-refractivity contribution < 1.29 is 14.7 Å². The highest BCUT2D eigenvalue weighted by Crippen LogP contribution is 2.30. The third-order valence-corrected chi connectivity index (χ3v) is 4.32. The number of phenols is 1. The fourth-order valence-corrected chi connectivity index (χ4v) is 2.93. The second-order valence-corrected chi connectivity index (χ2v) is 5.89. The highest BCUT2D eigenvalue weighted by molar-refractivity contribution is 9.10. The number of halogens is 1. The molecule has 1 fully saturated rings. The first kappa shape index (κ1) is 14.3. The van der Waals surface area contributed by atoms with Crippen molar-refractivity contribution in [2.24, 2.45) is 5.92 Å². The Kier molecular flexibility index (Phi) is 4.75. The van der Waals surface area contributed by atoms with E-state index in [1.165, 1.54) is 6.42 Å². The summed E-state index contributed by atoms with van der Waals surface area (Å²) in [5.74, 6) is -0.325.